The standard InChI is InChI=1S/C21H25N3O2/c1-2-5-17-8-9-18(26-17)12-16(13-22)21(25)23-11-10-15-14-24-20-7-4-3-6-19(15)20/h3,6,8,12,14,18,24H,2,4-5,7,9-11H2,1H3,(H,23,25)/b16-12+. The van der Waals surface area contributed by atoms with Crippen LogP contribution in [-0.4, -0.2) is 23.5 Å². The molecule has 136 valence electrons. The van der Waals surface area contributed by atoms with Crippen LogP contribution in [0.15, 0.2) is 35.8 Å². The maximum absolute atomic E-state index is 12.3. The Balaban J connectivity index is 1.51. The van der Waals surface area contributed by atoms with Crippen LogP contribution < -0.4 is 5.32 Å². The predicted molar refractivity (Wildman–Crippen MR) is 101 cm³/mol. The quantitative estimate of drug-likeness (QED) is 0.582. The molecule has 5 heteroatoms. The summed E-state index contributed by atoms with van der Waals surface area (Å²) in [4.78, 5) is 15.6. The Morgan fingerprint density at radius 2 is 2.38 bits per heavy atom. The van der Waals surface area contributed by atoms with Gasteiger partial charge in [0.05, 0.1) is 5.76 Å². The number of allylic oxidation sites excluding steroid dienone is 2. The van der Waals surface area contributed by atoms with E-state index < -0.39 is 0 Å². The monoisotopic (exact) mass is 351 g/mol. The number of hydrogen-bond donors (Lipinski definition) is 2. The topological polar surface area (TPSA) is 77.9 Å². The molecule has 26 heavy (non-hydrogen) atoms. The Hall–Kier alpha value is -2.74. The third-order valence-electron chi connectivity index (χ3n) is 4.71. The van der Waals surface area contributed by atoms with E-state index in [1.54, 1.807) is 6.08 Å². The first kappa shape index (κ1) is 18.1. The predicted octanol–water partition coefficient (Wildman–Crippen LogP) is 3.56. The molecule has 0 spiro atoms. The first-order chi connectivity index (χ1) is 12.7. The lowest BCUT2D eigenvalue weighted by Gasteiger charge is -2.10. The lowest BCUT2D eigenvalue weighted by atomic mass is 10.0. The summed E-state index contributed by atoms with van der Waals surface area (Å²) in [5.41, 5.74) is 3.83. The Bertz CT molecular complexity index is 793. The highest BCUT2D eigenvalue weighted by Gasteiger charge is 2.19. The molecular formula is C21H25N3O2. The zero-order valence-electron chi connectivity index (χ0n) is 15.2. The maximum atomic E-state index is 12.3. The van der Waals surface area contributed by atoms with Gasteiger partial charge in [0.2, 0.25) is 0 Å². The van der Waals surface area contributed by atoms with Crippen LogP contribution in [0.25, 0.3) is 6.08 Å². The van der Waals surface area contributed by atoms with Crippen molar-refractivity contribution in [2.45, 2.75) is 51.6 Å². The second kappa shape index (κ2) is 8.57. The van der Waals surface area contributed by atoms with Gasteiger partial charge in [0.1, 0.15) is 17.7 Å². The third kappa shape index (κ3) is 4.26. The SMILES string of the molecule is CCCC1=CCC(/C=C(\C#N)C(=O)NCCc2c[nH]c3c2C=CCC3)O1. The van der Waals surface area contributed by atoms with E-state index in [9.17, 15) is 10.1 Å². The molecule has 0 radical (unpaired) electrons. The molecule has 0 saturated heterocycles. The maximum Gasteiger partial charge on any atom is 0.261 e. The van der Waals surface area contributed by atoms with Crippen molar-refractivity contribution in [3.05, 3.63) is 52.6 Å². The fourth-order valence-electron chi connectivity index (χ4n) is 3.38. The van der Waals surface area contributed by atoms with Gasteiger partial charge in [-0.05, 0) is 49.0 Å². The van der Waals surface area contributed by atoms with Crippen molar-refractivity contribution in [1.82, 2.24) is 10.3 Å². The van der Waals surface area contributed by atoms with Gasteiger partial charge >= 0.3 is 0 Å². The van der Waals surface area contributed by atoms with E-state index in [1.807, 2.05) is 18.3 Å². The lowest BCUT2D eigenvalue weighted by molar-refractivity contribution is -0.117. The van der Waals surface area contributed by atoms with Gasteiger partial charge in [0.15, 0.2) is 0 Å². The minimum absolute atomic E-state index is 0.122. The largest absolute Gasteiger partial charge is 0.491 e. The van der Waals surface area contributed by atoms with Crippen LogP contribution in [-0.2, 0) is 22.4 Å². The zero-order valence-corrected chi connectivity index (χ0v) is 15.2. The van der Waals surface area contributed by atoms with E-state index in [1.165, 1.54) is 16.8 Å². The number of ether oxygens (including phenoxy) is 1. The molecular weight excluding hydrogens is 326 g/mol. The summed E-state index contributed by atoms with van der Waals surface area (Å²) in [6.07, 6.45) is 15.3. The van der Waals surface area contributed by atoms with Crippen LogP contribution in [0.2, 0.25) is 0 Å². The number of nitrogens with one attached hydrogen (secondary N) is 2. The second-order valence-corrected chi connectivity index (χ2v) is 6.66. The van der Waals surface area contributed by atoms with E-state index in [4.69, 9.17) is 4.74 Å². The number of rotatable bonds is 7. The first-order valence-electron chi connectivity index (χ1n) is 9.32. The van der Waals surface area contributed by atoms with Gasteiger partial charge in [0.25, 0.3) is 5.91 Å². The number of aromatic amines is 1. The number of nitriles is 1. The minimum Gasteiger partial charge on any atom is -0.491 e. The molecule has 0 aromatic carbocycles. The first-order valence-corrected chi connectivity index (χ1v) is 9.32. The molecule has 2 heterocycles. The second-order valence-electron chi connectivity index (χ2n) is 6.66. The van der Waals surface area contributed by atoms with Crippen molar-refractivity contribution in [1.29, 1.82) is 5.26 Å². The molecule has 0 saturated carbocycles. The van der Waals surface area contributed by atoms with Crippen molar-refractivity contribution in [2.24, 2.45) is 0 Å². The molecule has 1 amide bonds. The summed E-state index contributed by atoms with van der Waals surface area (Å²) in [7, 11) is 0. The Labute approximate surface area is 154 Å². The molecule has 2 N–H and O–H groups in total. The number of fused-ring (bicyclic) bond motifs is 1. The summed E-state index contributed by atoms with van der Waals surface area (Å²) in [6, 6.07) is 2.00. The Kier molecular flexibility index (Phi) is 5.96. The third-order valence-corrected chi connectivity index (χ3v) is 4.71. The van der Waals surface area contributed by atoms with Crippen molar-refractivity contribution >= 4 is 12.0 Å². The zero-order chi connectivity index (χ0) is 18.4. The molecule has 1 atom stereocenters. The van der Waals surface area contributed by atoms with Crippen LogP contribution in [0.3, 0.4) is 0 Å². The fourth-order valence-corrected chi connectivity index (χ4v) is 3.38. The van der Waals surface area contributed by atoms with Crippen molar-refractivity contribution in [2.75, 3.05) is 6.54 Å². The molecule has 1 aliphatic carbocycles. The van der Waals surface area contributed by atoms with Gasteiger partial charge in [-0.3, -0.25) is 4.79 Å². The van der Waals surface area contributed by atoms with E-state index in [-0.39, 0.29) is 17.6 Å². The number of carbonyl (C=O) groups is 1. The number of aryl methyl sites for hydroxylation is 1. The highest BCUT2D eigenvalue weighted by molar-refractivity contribution is 5.97. The smallest absolute Gasteiger partial charge is 0.261 e. The average molecular weight is 351 g/mol. The van der Waals surface area contributed by atoms with Crippen LogP contribution in [0.4, 0.5) is 0 Å². The van der Waals surface area contributed by atoms with Crippen LogP contribution in [0, 0.1) is 11.3 Å². The summed E-state index contributed by atoms with van der Waals surface area (Å²) in [6.45, 7) is 2.60. The average Bonchev–Trinajstić information content (AvgIpc) is 3.27. The molecule has 5 nitrogen and oxygen atoms in total. The molecule has 2 aliphatic rings. The van der Waals surface area contributed by atoms with E-state index in [2.05, 4.69) is 29.4 Å². The van der Waals surface area contributed by atoms with Gasteiger partial charge in [-0.25, -0.2) is 0 Å². The van der Waals surface area contributed by atoms with Crippen LogP contribution in [0.5, 0.6) is 0 Å². The summed E-state index contributed by atoms with van der Waals surface area (Å²) >= 11 is 0. The van der Waals surface area contributed by atoms with Crippen molar-refractivity contribution < 1.29 is 9.53 Å². The molecule has 1 aromatic rings. The number of H-pyrrole nitrogens is 1. The summed E-state index contributed by atoms with van der Waals surface area (Å²) in [5.74, 6) is 0.622. The number of hydrogen-bond acceptors (Lipinski definition) is 3. The number of carbonyl (C=O) groups excluding carboxylic acids is 1. The van der Waals surface area contributed by atoms with Gasteiger partial charge < -0.3 is 15.0 Å². The van der Waals surface area contributed by atoms with Crippen LogP contribution >= 0.6 is 0 Å². The lowest BCUT2D eigenvalue weighted by Crippen LogP contribution is -2.27. The summed E-state index contributed by atoms with van der Waals surface area (Å²) in [5, 5.41) is 12.2. The van der Waals surface area contributed by atoms with E-state index >= 15 is 0 Å². The molecule has 1 unspecified atom stereocenters. The van der Waals surface area contributed by atoms with Gasteiger partial charge in [-0.15, -0.1) is 0 Å². The van der Waals surface area contributed by atoms with Gasteiger partial charge in [-0.1, -0.05) is 19.1 Å². The van der Waals surface area contributed by atoms with Gasteiger partial charge in [0, 0.05) is 31.3 Å². The highest BCUT2D eigenvalue weighted by atomic mass is 16.5. The number of aromatic nitrogens is 1. The van der Waals surface area contributed by atoms with Gasteiger partial charge in [-0.2, -0.15) is 5.26 Å². The van der Waals surface area contributed by atoms with Crippen molar-refractivity contribution in [3.63, 3.8) is 0 Å². The van der Waals surface area contributed by atoms with E-state index in [0.717, 1.165) is 44.3 Å². The molecule has 0 fully saturated rings. The number of nitrogens with zero attached hydrogens (tertiary/aromatic N) is 1. The van der Waals surface area contributed by atoms with Crippen molar-refractivity contribution in [3.8, 4) is 6.07 Å². The minimum atomic E-state index is -0.333. The molecule has 3 rings (SSSR count). The highest BCUT2D eigenvalue weighted by Crippen LogP contribution is 2.23. The molecule has 0 bridgehead atoms. The summed E-state index contributed by atoms with van der Waals surface area (Å²) < 4.78 is 5.75. The van der Waals surface area contributed by atoms with E-state index in [0.29, 0.717) is 6.54 Å². The normalized spacial score (nSPS) is 18.7. The fraction of sp³-hybridized carbons (Fsp3) is 0.429. The Morgan fingerprint density at radius 3 is 3.19 bits per heavy atom. The molecule has 1 aromatic heterocycles. The molecule has 1 aliphatic heterocycles. The Morgan fingerprint density at radius 1 is 1.50 bits per heavy atom. The number of amides is 1. The van der Waals surface area contributed by atoms with Crippen LogP contribution in [0.1, 0.15) is 49.4 Å².